The average Bonchev–Trinajstić information content (AvgIpc) is 2.17. The predicted octanol–water partition coefficient (Wildman–Crippen LogP) is 2.19. The van der Waals surface area contributed by atoms with Gasteiger partial charge in [-0.2, -0.15) is 0 Å². The van der Waals surface area contributed by atoms with Crippen molar-refractivity contribution >= 4 is 5.97 Å². The molecule has 0 aliphatic heterocycles. The van der Waals surface area contributed by atoms with Crippen molar-refractivity contribution in [2.45, 2.75) is 25.6 Å². The molecule has 0 saturated heterocycles. The number of carboxylic acid groups (broad SMARTS) is 1. The zero-order valence-corrected chi connectivity index (χ0v) is 8.48. The van der Waals surface area contributed by atoms with Gasteiger partial charge < -0.3 is 10.8 Å². The molecule has 3 nitrogen and oxygen atoms in total. The fourth-order valence-corrected chi connectivity index (χ4v) is 1.31. The van der Waals surface area contributed by atoms with Crippen LogP contribution < -0.4 is 5.73 Å². The molecule has 0 aromatic heterocycles. The van der Waals surface area contributed by atoms with E-state index in [1.165, 1.54) is 6.92 Å². The highest BCUT2D eigenvalue weighted by Gasteiger charge is 2.11. The van der Waals surface area contributed by atoms with Gasteiger partial charge in [-0.25, -0.2) is 4.39 Å². The summed E-state index contributed by atoms with van der Waals surface area (Å²) in [5.41, 5.74) is 6.93. The van der Waals surface area contributed by atoms with Gasteiger partial charge in [-0.15, -0.1) is 0 Å². The largest absolute Gasteiger partial charge is 0.481 e. The molecule has 1 aromatic rings. The fraction of sp³-hybridized carbons (Fsp3) is 0.364. The predicted molar refractivity (Wildman–Crippen MR) is 55.1 cm³/mol. The van der Waals surface area contributed by atoms with Gasteiger partial charge in [0, 0.05) is 6.04 Å². The third kappa shape index (κ3) is 3.32. The van der Waals surface area contributed by atoms with E-state index in [4.69, 9.17) is 10.8 Å². The highest BCUT2D eigenvalue weighted by molar-refractivity contribution is 5.67. The lowest BCUT2D eigenvalue weighted by molar-refractivity contribution is -0.137. The summed E-state index contributed by atoms with van der Waals surface area (Å²) in [4.78, 5) is 10.4. The third-order valence-corrected chi connectivity index (χ3v) is 2.22. The lowest BCUT2D eigenvalue weighted by Crippen LogP contribution is -2.14. The first-order valence-corrected chi connectivity index (χ1v) is 4.72. The highest BCUT2D eigenvalue weighted by Crippen LogP contribution is 2.20. The summed E-state index contributed by atoms with van der Waals surface area (Å²) in [6.45, 7) is 1.45. The minimum atomic E-state index is -1.02. The molecule has 0 aliphatic rings. The standard InChI is InChI=1S/C11H14FNO2/c1-7(12)8-2-4-9(5-3-8)10(13)6-11(14)15/h2-5,7,10H,6,13H2,1H3,(H,14,15). The number of rotatable bonds is 4. The Morgan fingerprint density at radius 1 is 1.40 bits per heavy atom. The van der Waals surface area contributed by atoms with Gasteiger partial charge in [0.2, 0.25) is 0 Å². The number of aliphatic carboxylic acids is 1. The van der Waals surface area contributed by atoms with Crippen molar-refractivity contribution < 1.29 is 14.3 Å². The zero-order valence-electron chi connectivity index (χ0n) is 8.48. The SMILES string of the molecule is CC(F)c1ccc(C(N)CC(=O)O)cc1. The fourth-order valence-electron chi connectivity index (χ4n) is 1.31. The van der Waals surface area contributed by atoms with Gasteiger partial charge in [-0.1, -0.05) is 24.3 Å². The van der Waals surface area contributed by atoms with E-state index in [-0.39, 0.29) is 6.42 Å². The molecule has 3 N–H and O–H groups in total. The summed E-state index contributed by atoms with van der Waals surface area (Å²) in [6, 6.07) is 6.05. The Morgan fingerprint density at radius 3 is 2.27 bits per heavy atom. The van der Waals surface area contributed by atoms with Crippen LogP contribution in [0.3, 0.4) is 0 Å². The van der Waals surface area contributed by atoms with Crippen LogP contribution in [0.4, 0.5) is 4.39 Å². The number of hydrogen-bond donors (Lipinski definition) is 2. The van der Waals surface area contributed by atoms with E-state index in [1.807, 2.05) is 0 Å². The molecular formula is C11H14FNO2. The minimum Gasteiger partial charge on any atom is -0.481 e. The van der Waals surface area contributed by atoms with Crippen LogP contribution in [-0.2, 0) is 4.79 Å². The van der Waals surface area contributed by atoms with Crippen molar-refractivity contribution in [3.63, 3.8) is 0 Å². The number of alkyl halides is 1. The molecule has 15 heavy (non-hydrogen) atoms. The summed E-state index contributed by atoms with van der Waals surface area (Å²) in [6.07, 6.45) is -1.14. The molecule has 82 valence electrons. The van der Waals surface area contributed by atoms with E-state index >= 15 is 0 Å². The molecule has 0 aliphatic carbocycles. The molecule has 0 saturated carbocycles. The number of benzene rings is 1. The zero-order chi connectivity index (χ0) is 11.4. The molecule has 2 unspecified atom stereocenters. The molecule has 1 rings (SSSR count). The molecule has 2 atom stereocenters. The molecular weight excluding hydrogens is 197 g/mol. The molecule has 0 spiro atoms. The van der Waals surface area contributed by atoms with Gasteiger partial charge in [0.25, 0.3) is 0 Å². The van der Waals surface area contributed by atoms with Crippen molar-refractivity contribution in [1.82, 2.24) is 0 Å². The lowest BCUT2D eigenvalue weighted by Gasteiger charge is -2.10. The van der Waals surface area contributed by atoms with E-state index < -0.39 is 18.2 Å². The first kappa shape index (κ1) is 11.7. The molecule has 0 heterocycles. The van der Waals surface area contributed by atoms with Crippen LogP contribution in [0.5, 0.6) is 0 Å². The van der Waals surface area contributed by atoms with E-state index in [9.17, 15) is 9.18 Å². The van der Waals surface area contributed by atoms with Crippen LogP contribution >= 0.6 is 0 Å². The van der Waals surface area contributed by atoms with Crippen LogP contribution in [0.2, 0.25) is 0 Å². The second-order valence-corrected chi connectivity index (χ2v) is 3.49. The molecule has 0 radical (unpaired) electrons. The first-order chi connectivity index (χ1) is 7.00. The maximum atomic E-state index is 12.9. The maximum absolute atomic E-state index is 12.9. The Kier molecular flexibility index (Phi) is 3.80. The van der Waals surface area contributed by atoms with E-state index in [1.54, 1.807) is 24.3 Å². The summed E-state index contributed by atoms with van der Waals surface area (Å²) in [7, 11) is 0. The van der Waals surface area contributed by atoms with E-state index in [2.05, 4.69) is 0 Å². The molecule has 1 aromatic carbocycles. The van der Waals surface area contributed by atoms with Gasteiger partial charge in [0.05, 0.1) is 6.42 Å². The second-order valence-electron chi connectivity index (χ2n) is 3.49. The Balaban J connectivity index is 2.75. The monoisotopic (exact) mass is 211 g/mol. The quantitative estimate of drug-likeness (QED) is 0.802. The van der Waals surface area contributed by atoms with Crippen molar-refractivity contribution in [3.05, 3.63) is 35.4 Å². The van der Waals surface area contributed by atoms with Gasteiger partial charge >= 0.3 is 5.97 Å². The highest BCUT2D eigenvalue weighted by atomic mass is 19.1. The molecule has 4 heteroatoms. The second kappa shape index (κ2) is 4.89. The van der Waals surface area contributed by atoms with Crippen molar-refractivity contribution in [2.24, 2.45) is 5.73 Å². The Morgan fingerprint density at radius 2 is 1.87 bits per heavy atom. The van der Waals surface area contributed by atoms with Crippen LogP contribution in [0.25, 0.3) is 0 Å². The van der Waals surface area contributed by atoms with Crippen molar-refractivity contribution in [2.75, 3.05) is 0 Å². The third-order valence-electron chi connectivity index (χ3n) is 2.22. The van der Waals surface area contributed by atoms with Gasteiger partial charge in [-0.05, 0) is 18.1 Å². The van der Waals surface area contributed by atoms with Gasteiger partial charge in [-0.3, -0.25) is 4.79 Å². The topological polar surface area (TPSA) is 63.3 Å². The van der Waals surface area contributed by atoms with Crippen LogP contribution in [0, 0.1) is 0 Å². The normalized spacial score (nSPS) is 14.6. The molecule has 0 fully saturated rings. The van der Waals surface area contributed by atoms with E-state index in [0.717, 1.165) is 0 Å². The van der Waals surface area contributed by atoms with Gasteiger partial charge in [0.1, 0.15) is 6.17 Å². The number of carboxylic acids is 1. The molecule has 0 amide bonds. The van der Waals surface area contributed by atoms with E-state index in [0.29, 0.717) is 11.1 Å². The number of hydrogen-bond acceptors (Lipinski definition) is 2. The average molecular weight is 211 g/mol. The van der Waals surface area contributed by atoms with Gasteiger partial charge in [0.15, 0.2) is 0 Å². The number of carbonyl (C=O) groups is 1. The minimum absolute atomic E-state index is 0.121. The summed E-state index contributed by atoms with van der Waals surface area (Å²) in [5, 5.41) is 8.55. The van der Waals surface area contributed by atoms with Crippen LogP contribution in [0.15, 0.2) is 24.3 Å². The first-order valence-electron chi connectivity index (χ1n) is 4.72. The summed E-state index contributed by atoms with van der Waals surface area (Å²) < 4.78 is 12.9. The summed E-state index contributed by atoms with van der Waals surface area (Å²) in [5.74, 6) is -0.939. The molecule has 0 bridgehead atoms. The number of nitrogens with two attached hydrogens (primary N) is 1. The Hall–Kier alpha value is -1.42. The smallest absolute Gasteiger partial charge is 0.305 e. The van der Waals surface area contributed by atoms with Crippen molar-refractivity contribution in [1.29, 1.82) is 0 Å². The Labute approximate surface area is 87.7 Å². The maximum Gasteiger partial charge on any atom is 0.305 e. The lowest BCUT2D eigenvalue weighted by atomic mass is 10.0. The van der Waals surface area contributed by atoms with Crippen molar-refractivity contribution in [3.8, 4) is 0 Å². The van der Waals surface area contributed by atoms with Crippen LogP contribution in [-0.4, -0.2) is 11.1 Å². The Bertz CT molecular complexity index is 335. The van der Waals surface area contributed by atoms with Crippen LogP contribution in [0.1, 0.15) is 36.7 Å². The summed E-state index contributed by atoms with van der Waals surface area (Å²) >= 11 is 0. The number of halogens is 1.